The lowest BCUT2D eigenvalue weighted by Crippen LogP contribution is -2.51. The monoisotopic (exact) mass is 405 g/mol. The van der Waals surface area contributed by atoms with Crippen LogP contribution in [0.3, 0.4) is 0 Å². The van der Waals surface area contributed by atoms with Crippen molar-refractivity contribution in [3.05, 3.63) is 71.8 Å². The fourth-order valence-electron chi connectivity index (χ4n) is 3.59. The van der Waals surface area contributed by atoms with Crippen molar-refractivity contribution >= 4 is 5.91 Å². The molecule has 1 saturated heterocycles. The van der Waals surface area contributed by atoms with E-state index < -0.39 is 12.7 Å². The number of rotatable bonds is 7. The Bertz CT molecular complexity index is 760. The van der Waals surface area contributed by atoms with Gasteiger partial charge in [0.1, 0.15) is 0 Å². The quantitative estimate of drug-likeness (QED) is 0.768. The first-order valence-corrected chi connectivity index (χ1v) is 9.79. The molecule has 0 aromatic heterocycles. The lowest BCUT2D eigenvalue weighted by atomic mass is 9.99. The van der Waals surface area contributed by atoms with Gasteiger partial charge in [0.2, 0.25) is 5.91 Å². The van der Waals surface area contributed by atoms with Crippen molar-refractivity contribution in [1.29, 1.82) is 0 Å². The number of amides is 1. The Balaban J connectivity index is 1.55. The number of carbonyl (C=O) groups excluding carboxylic acids is 1. The minimum Gasteiger partial charge on any atom is -0.348 e. The molecule has 1 unspecified atom stereocenters. The van der Waals surface area contributed by atoms with Crippen LogP contribution in [-0.2, 0) is 11.2 Å². The molecule has 0 radical (unpaired) electrons. The number of nitrogens with one attached hydrogen (secondary N) is 1. The molecule has 0 bridgehead atoms. The van der Waals surface area contributed by atoms with Gasteiger partial charge in [-0.2, -0.15) is 13.2 Å². The Hall–Kier alpha value is -2.38. The highest BCUT2D eigenvalue weighted by Gasteiger charge is 2.32. The Morgan fingerprint density at radius 3 is 2.03 bits per heavy atom. The summed E-state index contributed by atoms with van der Waals surface area (Å²) in [6.07, 6.45) is -3.50. The van der Waals surface area contributed by atoms with Gasteiger partial charge in [-0.25, -0.2) is 0 Å². The molecule has 1 N–H and O–H groups in total. The first kappa shape index (κ1) is 21.3. The highest BCUT2D eigenvalue weighted by Crippen LogP contribution is 2.19. The van der Waals surface area contributed by atoms with Crippen molar-refractivity contribution < 1.29 is 18.0 Å². The molecular formula is C22H26F3N3O. The van der Waals surface area contributed by atoms with E-state index in [9.17, 15) is 18.0 Å². The molecule has 4 nitrogen and oxygen atoms in total. The Kier molecular flexibility index (Phi) is 7.28. The van der Waals surface area contributed by atoms with Crippen LogP contribution in [0.5, 0.6) is 0 Å². The average Bonchev–Trinajstić information content (AvgIpc) is 2.69. The van der Waals surface area contributed by atoms with Crippen LogP contribution in [0, 0.1) is 0 Å². The fraction of sp³-hybridized carbons (Fsp3) is 0.409. The zero-order valence-electron chi connectivity index (χ0n) is 16.2. The van der Waals surface area contributed by atoms with Crippen LogP contribution >= 0.6 is 0 Å². The summed E-state index contributed by atoms with van der Waals surface area (Å²) in [5.74, 6) is -0.112. The van der Waals surface area contributed by atoms with E-state index in [0.29, 0.717) is 32.6 Å². The van der Waals surface area contributed by atoms with E-state index in [1.165, 1.54) is 4.90 Å². The van der Waals surface area contributed by atoms with Gasteiger partial charge in [0.05, 0.1) is 19.1 Å². The first-order valence-electron chi connectivity index (χ1n) is 9.79. The number of alkyl halides is 3. The first-order chi connectivity index (χ1) is 13.9. The second-order valence-corrected chi connectivity index (χ2v) is 7.39. The van der Waals surface area contributed by atoms with Gasteiger partial charge in [-0.1, -0.05) is 60.7 Å². The number of nitrogens with zero attached hydrogens (tertiary/aromatic N) is 2. The van der Waals surface area contributed by atoms with Crippen LogP contribution in [-0.4, -0.2) is 61.2 Å². The molecule has 1 amide bonds. The summed E-state index contributed by atoms with van der Waals surface area (Å²) in [5.41, 5.74) is 2.15. The third kappa shape index (κ3) is 7.18. The summed E-state index contributed by atoms with van der Waals surface area (Å²) >= 11 is 0. The van der Waals surface area contributed by atoms with Gasteiger partial charge in [0.15, 0.2) is 0 Å². The molecule has 2 aromatic carbocycles. The largest absolute Gasteiger partial charge is 0.401 e. The van der Waals surface area contributed by atoms with Crippen molar-refractivity contribution in [2.24, 2.45) is 0 Å². The highest BCUT2D eigenvalue weighted by atomic mass is 19.4. The molecule has 0 saturated carbocycles. The third-order valence-corrected chi connectivity index (χ3v) is 5.05. The molecule has 3 rings (SSSR count). The van der Waals surface area contributed by atoms with Crippen molar-refractivity contribution in [3.8, 4) is 0 Å². The minimum atomic E-state index is -4.18. The number of piperazine rings is 1. The molecule has 1 fully saturated rings. The van der Waals surface area contributed by atoms with E-state index in [2.05, 4.69) is 5.32 Å². The van der Waals surface area contributed by atoms with Crippen molar-refractivity contribution in [2.45, 2.75) is 18.6 Å². The Morgan fingerprint density at radius 1 is 0.897 bits per heavy atom. The zero-order chi connectivity index (χ0) is 20.7. The van der Waals surface area contributed by atoms with Gasteiger partial charge < -0.3 is 5.32 Å². The van der Waals surface area contributed by atoms with Crippen LogP contribution in [0.4, 0.5) is 13.2 Å². The second-order valence-electron chi connectivity index (χ2n) is 7.39. The highest BCUT2D eigenvalue weighted by molar-refractivity contribution is 5.78. The number of halogens is 3. The van der Waals surface area contributed by atoms with Crippen LogP contribution < -0.4 is 5.32 Å². The standard InChI is InChI=1S/C22H26F3N3O/c23-22(24,25)17-28-13-11-27(12-14-28)16-21(29)26-20(19-9-5-2-6-10-19)15-18-7-3-1-4-8-18/h1-10,20H,11-17H2,(H,26,29). The number of hydrogen-bond donors (Lipinski definition) is 1. The minimum absolute atomic E-state index is 0.112. The van der Waals surface area contributed by atoms with E-state index in [-0.39, 0.29) is 18.5 Å². The SMILES string of the molecule is O=C(CN1CCN(CC(F)(F)F)CC1)NC(Cc1ccccc1)c1ccccc1. The van der Waals surface area contributed by atoms with Crippen LogP contribution in [0.15, 0.2) is 60.7 Å². The molecular weight excluding hydrogens is 379 g/mol. The second kappa shape index (κ2) is 9.89. The third-order valence-electron chi connectivity index (χ3n) is 5.05. The predicted octanol–water partition coefficient (Wildman–Crippen LogP) is 3.27. The van der Waals surface area contributed by atoms with Crippen LogP contribution in [0.2, 0.25) is 0 Å². The van der Waals surface area contributed by atoms with E-state index in [0.717, 1.165) is 11.1 Å². The topological polar surface area (TPSA) is 35.6 Å². The Morgan fingerprint density at radius 2 is 1.45 bits per heavy atom. The number of hydrogen-bond acceptors (Lipinski definition) is 3. The summed E-state index contributed by atoms with van der Waals surface area (Å²) in [4.78, 5) is 15.9. The molecule has 1 heterocycles. The maximum atomic E-state index is 12.6. The molecule has 1 aliphatic rings. The smallest absolute Gasteiger partial charge is 0.348 e. The molecule has 1 atom stereocenters. The van der Waals surface area contributed by atoms with Gasteiger partial charge in [-0.05, 0) is 17.5 Å². The van der Waals surface area contributed by atoms with Crippen molar-refractivity contribution in [2.75, 3.05) is 39.3 Å². The van der Waals surface area contributed by atoms with Crippen molar-refractivity contribution in [1.82, 2.24) is 15.1 Å². The lowest BCUT2D eigenvalue weighted by molar-refractivity contribution is -0.150. The number of carbonyl (C=O) groups is 1. The van der Waals surface area contributed by atoms with Crippen LogP contribution in [0.1, 0.15) is 17.2 Å². The van der Waals surface area contributed by atoms with Crippen molar-refractivity contribution in [3.63, 3.8) is 0 Å². The molecule has 2 aromatic rings. The van der Waals surface area contributed by atoms with E-state index in [4.69, 9.17) is 0 Å². The van der Waals surface area contributed by atoms with E-state index in [1.54, 1.807) is 0 Å². The summed E-state index contributed by atoms with van der Waals surface area (Å²) in [6, 6.07) is 19.6. The predicted molar refractivity (Wildman–Crippen MR) is 106 cm³/mol. The molecule has 0 aliphatic carbocycles. The molecule has 29 heavy (non-hydrogen) atoms. The normalized spacial score (nSPS) is 17.1. The molecule has 7 heteroatoms. The maximum Gasteiger partial charge on any atom is 0.401 e. The summed E-state index contributed by atoms with van der Waals surface area (Å²) in [6.45, 7) is 0.854. The average molecular weight is 405 g/mol. The van der Waals surface area contributed by atoms with Gasteiger partial charge >= 0.3 is 6.18 Å². The van der Waals surface area contributed by atoms with Gasteiger partial charge in [0, 0.05) is 26.2 Å². The zero-order valence-corrected chi connectivity index (χ0v) is 16.2. The Labute approximate surface area is 169 Å². The maximum absolute atomic E-state index is 12.6. The lowest BCUT2D eigenvalue weighted by Gasteiger charge is -2.34. The number of benzene rings is 2. The fourth-order valence-corrected chi connectivity index (χ4v) is 3.59. The van der Waals surface area contributed by atoms with Gasteiger partial charge in [-0.15, -0.1) is 0 Å². The summed E-state index contributed by atoms with van der Waals surface area (Å²) < 4.78 is 37.5. The summed E-state index contributed by atoms with van der Waals surface area (Å²) in [7, 11) is 0. The molecule has 0 spiro atoms. The van der Waals surface area contributed by atoms with E-state index >= 15 is 0 Å². The molecule has 1 aliphatic heterocycles. The summed E-state index contributed by atoms with van der Waals surface area (Å²) in [5, 5.41) is 3.10. The van der Waals surface area contributed by atoms with Gasteiger partial charge in [0.25, 0.3) is 0 Å². The van der Waals surface area contributed by atoms with Crippen LogP contribution in [0.25, 0.3) is 0 Å². The van der Waals surface area contributed by atoms with Gasteiger partial charge in [-0.3, -0.25) is 14.6 Å². The van der Waals surface area contributed by atoms with E-state index in [1.807, 2.05) is 65.6 Å². The molecule has 156 valence electrons.